The van der Waals surface area contributed by atoms with E-state index >= 15 is 0 Å². The molecule has 0 N–H and O–H groups in total. The number of esters is 1. The fourth-order valence-corrected chi connectivity index (χ4v) is 2.08. The number of hydrogen-bond acceptors (Lipinski definition) is 5. The first kappa shape index (κ1) is 16.5. The Kier molecular flexibility index (Phi) is 5.36. The molecule has 5 heteroatoms. The van der Waals surface area contributed by atoms with Gasteiger partial charge < -0.3 is 14.2 Å². The molecule has 0 amide bonds. The van der Waals surface area contributed by atoms with Crippen LogP contribution in [-0.2, 0) is 11.3 Å². The smallest absolute Gasteiger partial charge is 0.337 e. The van der Waals surface area contributed by atoms with Gasteiger partial charge in [0.15, 0.2) is 5.78 Å². The van der Waals surface area contributed by atoms with Gasteiger partial charge in [-0.2, -0.15) is 0 Å². The molecule has 0 spiro atoms. The Morgan fingerprint density at radius 1 is 0.957 bits per heavy atom. The first-order valence-electron chi connectivity index (χ1n) is 7.04. The molecule has 120 valence electrons. The summed E-state index contributed by atoms with van der Waals surface area (Å²) in [7, 11) is 2.90. The van der Waals surface area contributed by atoms with Crippen LogP contribution in [-0.4, -0.2) is 26.0 Å². The van der Waals surface area contributed by atoms with Gasteiger partial charge in [-0.15, -0.1) is 0 Å². The molecule has 0 aliphatic heterocycles. The van der Waals surface area contributed by atoms with Crippen LogP contribution in [0.25, 0.3) is 0 Å². The van der Waals surface area contributed by atoms with Crippen LogP contribution in [0.5, 0.6) is 11.5 Å². The first-order chi connectivity index (χ1) is 11.0. The molecule has 0 saturated carbocycles. The van der Waals surface area contributed by atoms with Crippen molar-refractivity contribution in [2.24, 2.45) is 0 Å². The minimum atomic E-state index is -0.396. The Balaban J connectivity index is 2.12. The van der Waals surface area contributed by atoms with Gasteiger partial charge in [-0.25, -0.2) is 4.79 Å². The van der Waals surface area contributed by atoms with E-state index in [1.54, 1.807) is 49.6 Å². The average molecular weight is 314 g/mol. The maximum atomic E-state index is 11.5. The highest BCUT2D eigenvalue weighted by Gasteiger charge is 2.09. The summed E-state index contributed by atoms with van der Waals surface area (Å²) in [5.41, 5.74) is 1.83. The van der Waals surface area contributed by atoms with E-state index < -0.39 is 5.97 Å². The van der Waals surface area contributed by atoms with Crippen LogP contribution in [0.2, 0.25) is 0 Å². The topological polar surface area (TPSA) is 61.8 Å². The van der Waals surface area contributed by atoms with E-state index in [2.05, 4.69) is 4.74 Å². The van der Waals surface area contributed by atoms with Crippen molar-refractivity contribution in [3.8, 4) is 11.5 Å². The second-order valence-electron chi connectivity index (χ2n) is 4.89. The molecule has 5 nitrogen and oxygen atoms in total. The van der Waals surface area contributed by atoms with Crippen molar-refractivity contribution in [2.45, 2.75) is 13.5 Å². The zero-order valence-corrected chi connectivity index (χ0v) is 13.3. The van der Waals surface area contributed by atoms with E-state index in [1.807, 2.05) is 0 Å². The Bertz CT molecular complexity index is 704. The number of carbonyl (C=O) groups is 2. The molecule has 2 rings (SSSR count). The summed E-state index contributed by atoms with van der Waals surface area (Å²) < 4.78 is 15.6. The lowest BCUT2D eigenvalue weighted by Crippen LogP contribution is -2.03. The quantitative estimate of drug-likeness (QED) is 0.605. The lowest BCUT2D eigenvalue weighted by Gasteiger charge is -2.11. The summed E-state index contributed by atoms with van der Waals surface area (Å²) in [5.74, 6) is 0.845. The van der Waals surface area contributed by atoms with E-state index in [1.165, 1.54) is 14.0 Å². The van der Waals surface area contributed by atoms with E-state index in [0.717, 1.165) is 5.56 Å². The fourth-order valence-electron chi connectivity index (χ4n) is 2.08. The summed E-state index contributed by atoms with van der Waals surface area (Å²) in [6.45, 7) is 1.76. The zero-order valence-electron chi connectivity index (χ0n) is 13.3. The molecule has 0 fully saturated rings. The van der Waals surface area contributed by atoms with Gasteiger partial charge in [0.1, 0.15) is 18.1 Å². The van der Waals surface area contributed by atoms with Crippen molar-refractivity contribution in [2.75, 3.05) is 14.2 Å². The molecule has 0 bridgehead atoms. The summed E-state index contributed by atoms with van der Waals surface area (Å²) in [4.78, 5) is 22.9. The van der Waals surface area contributed by atoms with Crippen LogP contribution < -0.4 is 9.47 Å². The van der Waals surface area contributed by atoms with Crippen LogP contribution in [0.15, 0.2) is 42.5 Å². The van der Waals surface area contributed by atoms with Gasteiger partial charge in [0.25, 0.3) is 0 Å². The monoisotopic (exact) mass is 314 g/mol. The molecule has 2 aromatic carbocycles. The molecule has 0 saturated heterocycles. The van der Waals surface area contributed by atoms with Crippen molar-refractivity contribution in [1.82, 2.24) is 0 Å². The summed E-state index contributed by atoms with van der Waals surface area (Å²) in [6.07, 6.45) is 0. The second kappa shape index (κ2) is 7.45. The third-order valence-electron chi connectivity index (χ3n) is 3.36. The van der Waals surface area contributed by atoms with E-state index in [9.17, 15) is 9.59 Å². The highest BCUT2D eigenvalue weighted by molar-refractivity contribution is 5.94. The maximum Gasteiger partial charge on any atom is 0.337 e. The van der Waals surface area contributed by atoms with Crippen molar-refractivity contribution >= 4 is 11.8 Å². The Hall–Kier alpha value is -2.82. The first-order valence-corrected chi connectivity index (χ1v) is 7.04. The number of methoxy groups -OCH3 is 2. The maximum absolute atomic E-state index is 11.5. The molecule has 2 aromatic rings. The molecular formula is C18H18O5. The van der Waals surface area contributed by atoms with Crippen LogP contribution in [0.1, 0.15) is 33.2 Å². The van der Waals surface area contributed by atoms with Gasteiger partial charge in [0, 0.05) is 11.1 Å². The van der Waals surface area contributed by atoms with Crippen LogP contribution in [0.4, 0.5) is 0 Å². The van der Waals surface area contributed by atoms with Gasteiger partial charge in [0.2, 0.25) is 0 Å². The summed E-state index contributed by atoms with van der Waals surface area (Å²) in [5, 5.41) is 0. The number of ether oxygens (including phenoxy) is 3. The van der Waals surface area contributed by atoms with Gasteiger partial charge in [-0.1, -0.05) is 0 Å². The minimum Gasteiger partial charge on any atom is -0.496 e. The number of rotatable bonds is 6. The molecule has 0 radical (unpaired) electrons. The molecule has 0 atom stereocenters. The van der Waals surface area contributed by atoms with Crippen LogP contribution in [0.3, 0.4) is 0 Å². The molecule has 0 aliphatic rings. The van der Waals surface area contributed by atoms with Crippen molar-refractivity contribution in [3.05, 3.63) is 59.2 Å². The fraction of sp³-hybridized carbons (Fsp3) is 0.222. The minimum absolute atomic E-state index is 0.0173. The van der Waals surface area contributed by atoms with Gasteiger partial charge in [0.05, 0.1) is 19.8 Å². The highest BCUT2D eigenvalue weighted by Crippen LogP contribution is 2.23. The largest absolute Gasteiger partial charge is 0.496 e. The van der Waals surface area contributed by atoms with Crippen molar-refractivity contribution in [1.29, 1.82) is 0 Å². The van der Waals surface area contributed by atoms with Gasteiger partial charge >= 0.3 is 5.97 Å². The van der Waals surface area contributed by atoms with Gasteiger partial charge in [-0.05, 0) is 49.4 Å². The van der Waals surface area contributed by atoms with Crippen molar-refractivity contribution < 1.29 is 23.8 Å². The lowest BCUT2D eigenvalue weighted by molar-refractivity contribution is 0.0600. The third-order valence-corrected chi connectivity index (χ3v) is 3.36. The number of hydrogen-bond donors (Lipinski definition) is 0. The van der Waals surface area contributed by atoms with E-state index in [4.69, 9.17) is 9.47 Å². The molecule has 0 aromatic heterocycles. The van der Waals surface area contributed by atoms with Crippen LogP contribution >= 0.6 is 0 Å². The standard InChI is InChI=1S/C18H18O5/c1-12(19)14-6-9-17(21-2)15(10-14)11-23-16-7-4-13(5-8-16)18(20)22-3/h4-10H,11H2,1-3H3. The highest BCUT2D eigenvalue weighted by atomic mass is 16.5. The Morgan fingerprint density at radius 3 is 2.17 bits per heavy atom. The Morgan fingerprint density at radius 2 is 1.61 bits per heavy atom. The normalized spacial score (nSPS) is 10.0. The number of Topliss-reactive ketones (excluding diaryl/α,β-unsaturated/α-hetero) is 1. The summed E-state index contributed by atoms with van der Waals surface area (Å²) in [6, 6.07) is 11.9. The second-order valence-corrected chi connectivity index (χ2v) is 4.89. The van der Waals surface area contributed by atoms with E-state index in [0.29, 0.717) is 22.6 Å². The molecule has 23 heavy (non-hydrogen) atoms. The number of benzene rings is 2. The Labute approximate surface area is 134 Å². The summed E-state index contributed by atoms with van der Waals surface area (Å²) >= 11 is 0. The molecule has 0 aliphatic carbocycles. The zero-order chi connectivity index (χ0) is 16.8. The molecule has 0 unspecified atom stereocenters. The lowest BCUT2D eigenvalue weighted by atomic mass is 10.1. The van der Waals surface area contributed by atoms with Crippen LogP contribution in [0, 0.1) is 0 Å². The van der Waals surface area contributed by atoms with Gasteiger partial charge in [-0.3, -0.25) is 4.79 Å². The molecular weight excluding hydrogens is 296 g/mol. The number of carbonyl (C=O) groups excluding carboxylic acids is 2. The van der Waals surface area contributed by atoms with E-state index in [-0.39, 0.29) is 12.4 Å². The predicted molar refractivity (Wildman–Crippen MR) is 85.1 cm³/mol. The average Bonchev–Trinajstić information content (AvgIpc) is 2.59. The molecule has 0 heterocycles. The van der Waals surface area contributed by atoms with Crippen molar-refractivity contribution in [3.63, 3.8) is 0 Å². The third kappa shape index (κ3) is 4.10. The SMILES string of the molecule is COC(=O)c1ccc(OCc2cc(C(C)=O)ccc2OC)cc1. The predicted octanol–water partition coefficient (Wildman–Crippen LogP) is 3.26. The number of ketones is 1.